The van der Waals surface area contributed by atoms with E-state index in [9.17, 15) is 9.59 Å². The summed E-state index contributed by atoms with van der Waals surface area (Å²) in [6, 6.07) is 3.80. The Kier molecular flexibility index (Phi) is 6.55. The molecule has 0 bridgehead atoms. The van der Waals surface area contributed by atoms with Gasteiger partial charge in [-0.25, -0.2) is 0 Å². The number of ether oxygens (including phenoxy) is 3. The van der Waals surface area contributed by atoms with Gasteiger partial charge >= 0.3 is 0 Å². The molecule has 1 aromatic rings. The van der Waals surface area contributed by atoms with Gasteiger partial charge in [0.15, 0.2) is 11.5 Å². The molecule has 0 spiro atoms. The summed E-state index contributed by atoms with van der Waals surface area (Å²) in [5, 5.41) is 0. The molecule has 29 heavy (non-hydrogen) atoms. The van der Waals surface area contributed by atoms with E-state index in [-0.39, 0.29) is 29.6 Å². The number of methoxy groups -OCH3 is 3. The third-order valence-corrected chi connectivity index (χ3v) is 5.98. The molecule has 1 aromatic carbocycles. The molecule has 7 nitrogen and oxygen atoms in total. The number of benzene rings is 1. The number of hydrogen-bond donors (Lipinski definition) is 0. The van der Waals surface area contributed by atoms with Crippen LogP contribution in [0.25, 0.3) is 0 Å². The van der Waals surface area contributed by atoms with Crippen LogP contribution < -0.4 is 14.2 Å². The average Bonchev–Trinajstić information content (AvgIpc) is 3.41. The highest BCUT2D eigenvalue weighted by atomic mass is 16.5. The van der Waals surface area contributed by atoms with Gasteiger partial charge in [0, 0.05) is 38.0 Å². The van der Waals surface area contributed by atoms with Crippen LogP contribution in [0.4, 0.5) is 0 Å². The minimum atomic E-state index is -0.265. The Morgan fingerprint density at radius 3 is 2.00 bits per heavy atom. The van der Waals surface area contributed by atoms with Crippen LogP contribution >= 0.6 is 0 Å². The molecule has 160 valence electrons. The van der Waals surface area contributed by atoms with Gasteiger partial charge in [0.1, 0.15) is 0 Å². The number of carbonyl (C=O) groups is 2. The predicted octanol–water partition coefficient (Wildman–Crippen LogP) is 2.53. The summed E-state index contributed by atoms with van der Waals surface area (Å²) in [6.07, 6.45) is 2.09. The second-order valence-corrected chi connectivity index (χ2v) is 8.10. The number of carbonyl (C=O) groups excluding carboxylic acids is 2. The minimum Gasteiger partial charge on any atom is -0.493 e. The molecule has 0 aromatic heterocycles. The first kappa shape index (κ1) is 21.3. The van der Waals surface area contributed by atoms with Crippen molar-refractivity contribution in [1.82, 2.24) is 9.80 Å². The van der Waals surface area contributed by atoms with Gasteiger partial charge in [-0.05, 0) is 30.5 Å². The third kappa shape index (κ3) is 4.14. The van der Waals surface area contributed by atoms with E-state index >= 15 is 0 Å². The van der Waals surface area contributed by atoms with E-state index in [0.717, 1.165) is 31.5 Å². The van der Waals surface area contributed by atoms with Gasteiger partial charge in [-0.2, -0.15) is 0 Å². The summed E-state index contributed by atoms with van der Waals surface area (Å²) in [4.78, 5) is 29.8. The number of amides is 2. The maximum Gasteiger partial charge on any atom is 0.228 e. The Morgan fingerprint density at radius 1 is 0.931 bits per heavy atom. The van der Waals surface area contributed by atoms with Crippen molar-refractivity contribution in [2.75, 3.05) is 47.5 Å². The average molecular weight is 405 g/mol. The van der Waals surface area contributed by atoms with Crippen molar-refractivity contribution in [1.29, 1.82) is 0 Å². The standard InChI is InChI=1S/C22H32N2O5/c1-14(2)21(25)24-12-16(17(13-24)22(26)23-8-6-7-9-23)15-10-18(27-3)20(29-5)19(11-15)28-4/h10-11,14,16-17H,6-9,12-13H2,1-5H3. The molecule has 0 radical (unpaired) electrons. The van der Waals surface area contributed by atoms with E-state index in [1.807, 2.05) is 35.8 Å². The lowest BCUT2D eigenvalue weighted by Gasteiger charge is -2.25. The first-order chi connectivity index (χ1) is 13.9. The van der Waals surface area contributed by atoms with E-state index in [0.29, 0.717) is 30.3 Å². The van der Waals surface area contributed by atoms with Gasteiger partial charge < -0.3 is 24.0 Å². The lowest BCUT2D eigenvalue weighted by molar-refractivity contribution is -0.135. The molecular formula is C22H32N2O5. The molecule has 0 N–H and O–H groups in total. The molecular weight excluding hydrogens is 372 g/mol. The molecule has 7 heteroatoms. The summed E-state index contributed by atoms with van der Waals surface area (Å²) in [7, 11) is 4.73. The van der Waals surface area contributed by atoms with Gasteiger partial charge in [0.05, 0.1) is 27.2 Å². The second-order valence-electron chi connectivity index (χ2n) is 8.10. The molecule has 2 aliphatic heterocycles. The van der Waals surface area contributed by atoms with E-state index in [2.05, 4.69) is 0 Å². The fraction of sp³-hybridized carbons (Fsp3) is 0.636. The molecule has 0 saturated carbocycles. The van der Waals surface area contributed by atoms with Crippen molar-refractivity contribution in [3.63, 3.8) is 0 Å². The third-order valence-electron chi connectivity index (χ3n) is 5.98. The van der Waals surface area contributed by atoms with E-state index in [1.165, 1.54) is 0 Å². The molecule has 2 atom stereocenters. The minimum absolute atomic E-state index is 0.0826. The number of nitrogens with zero attached hydrogens (tertiary/aromatic N) is 2. The van der Waals surface area contributed by atoms with Crippen LogP contribution in [0, 0.1) is 11.8 Å². The summed E-state index contributed by atoms with van der Waals surface area (Å²) in [5.74, 6) is 1.38. The van der Waals surface area contributed by atoms with Crippen molar-refractivity contribution in [3.8, 4) is 17.2 Å². The molecule has 0 aliphatic carbocycles. The van der Waals surface area contributed by atoms with Gasteiger partial charge in [0.25, 0.3) is 0 Å². The fourth-order valence-electron chi connectivity index (χ4n) is 4.42. The maximum atomic E-state index is 13.3. The Labute approximate surface area is 172 Å². The monoisotopic (exact) mass is 404 g/mol. The number of hydrogen-bond acceptors (Lipinski definition) is 5. The van der Waals surface area contributed by atoms with E-state index in [4.69, 9.17) is 14.2 Å². The Hall–Kier alpha value is -2.44. The first-order valence-corrected chi connectivity index (χ1v) is 10.3. The van der Waals surface area contributed by atoms with Gasteiger partial charge in [-0.15, -0.1) is 0 Å². The molecule has 2 saturated heterocycles. The zero-order chi connectivity index (χ0) is 21.1. The van der Waals surface area contributed by atoms with Crippen molar-refractivity contribution >= 4 is 11.8 Å². The molecule has 2 amide bonds. The summed E-state index contributed by atoms with van der Waals surface area (Å²) >= 11 is 0. The second kappa shape index (κ2) is 8.93. The molecule has 3 rings (SSSR count). The zero-order valence-corrected chi connectivity index (χ0v) is 18.1. The van der Waals surface area contributed by atoms with Crippen LogP contribution in [0.2, 0.25) is 0 Å². The number of likely N-dealkylation sites (tertiary alicyclic amines) is 2. The van der Waals surface area contributed by atoms with Gasteiger partial charge in [0.2, 0.25) is 17.6 Å². The summed E-state index contributed by atoms with van der Waals surface area (Å²) in [6.45, 7) is 6.36. The normalized spacial score (nSPS) is 21.6. The highest BCUT2D eigenvalue weighted by Gasteiger charge is 2.43. The predicted molar refractivity (Wildman–Crippen MR) is 110 cm³/mol. The largest absolute Gasteiger partial charge is 0.493 e. The van der Waals surface area contributed by atoms with Gasteiger partial charge in [-0.1, -0.05) is 13.8 Å². The van der Waals surface area contributed by atoms with Crippen LogP contribution in [-0.4, -0.2) is 69.1 Å². The van der Waals surface area contributed by atoms with Crippen molar-refractivity contribution < 1.29 is 23.8 Å². The van der Waals surface area contributed by atoms with E-state index in [1.54, 1.807) is 21.3 Å². The highest BCUT2D eigenvalue weighted by Crippen LogP contribution is 2.43. The van der Waals surface area contributed by atoms with Crippen LogP contribution in [-0.2, 0) is 9.59 Å². The highest BCUT2D eigenvalue weighted by molar-refractivity contribution is 5.84. The lowest BCUT2D eigenvalue weighted by atomic mass is 9.87. The molecule has 2 aliphatic rings. The van der Waals surface area contributed by atoms with Crippen LogP contribution in [0.3, 0.4) is 0 Å². The lowest BCUT2D eigenvalue weighted by Crippen LogP contribution is -2.38. The number of rotatable bonds is 6. The van der Waals surface area contributed by atoms with Crippen molar-refractivity contribution in [2.45, 2.75) is 32.6 Å². The zero-order valence-electron chi connectivity index (χ0n) is 18.1. The Balaban J connectivity index is 1.98. The Morgan fingerprint density at radius 2 is 1.52 bits per heavy atom. The molecule has 2 unspecified atom stereocenters. The maximum absolute atomic E-state index is 13.3. The van der Waals surface area contributed by atoms with Crippen LogP contribution in [0.5, 0.6) is 17.2 Å². The Bertz CT molecular complexity index is 733. The van der Waals surface area contributed by atoms with Crippen LogP contribution in [0.1, 0.15) is 38.2 Å². The summed E-state index contributed by atoms with van der Waals surface area (Å²) in [5.41, 5.74) is 0.927. The van der Waals surface area contributed by atoms with Crippen molar-refractivity contribution in [3.05, 3.63) is 17.7 Å². The van der Waals surface area contributed by atoms with Crippen molar-refractivity contribution in [2.24, 2.45) is 11.8 Å². The van der Waals surface area contributed by atoms with Gasteiger partial charge in [-0.3, -0.25) is 9.59 Å². The topological polar surface area (TPSA) is 68.3 Å². The summed E-state index contributed by atoms with van der Waals surface area (Å²) < 4.78 is 16.4. The fourth-order valence-corrected chi connectivity index (χ4v) is 4.42. The van der Waals surface area contributed by atoms with E-state index < -0.39 is 0 Å². The van der Waals surface area contributed by atoms with Crippen LogP contribution in [0.15, 0.2) is 12.1 Å². The molecule has 2 heterocycles. The SMILES string of the molecule is COc1cc(C2CN(C(=O)C(C)C)CC2C(=O)N2CCCC2)cc(OC)c1OC. The quantitative estimate of drug-likeness (QED) is 0.729. The first-order valence-electron chi connectivity index (χ1n) is 10.3. The molecule has 2 fully saturated rings. The smallest absolute Gasteiger partial charge is 0.228 e.